The molecule has 2 aromatic carbocycles. The number of aliphatic imine (C=N–C) groups is 1. The van der Waals surface area contributed by atoms with Crippen molar-refractivity contribution < 1.29 is 33.5 Å². The molecule has 0 aromatic heterocycles. The predicted octanol–water partition coefficient (Wildman–Crippen LogP) is 3.85. The van der Waals surface area contributed by atoms with Gasteiger partial charge >= 0.3 is 11.9 Å². The average Bonchev–Trinajstić information content (AvgIpc) is 3.12. The molecule has 1 heterocycles. The van der Waals surface area contributed by atoms with Crippen LogP contribution in [0.15, 0.2) is 41.0 Å². The molecular formula is C22H19ClN2O8. The number of carbonyl (C=O) groups is 2. The quantitative estimate of drug-likeness (QED) is 0.244. The summed E-state index contributed by atoms with van der Waals surface area (Å²) in [4.78, 5) is 38.8. The monoisotopic (exact) mass is 474 g/mol. The first-order valence-corrected chi connectivity index (χ1v) is 10.1. The molecule has 1 aliphatic heterocycles. The molecule has 11 heteroatoms. The van der Waals surface area contributed by atoms with Crippen LogP contribution < -0.4 is 9.47 Å². The summed E-state index contributed by atoms with van der Waals surface area (Å²) in [6, 6.07) is 7.45. The summed E-state index contributed by atoms with van der Waals surface area (Å²) in [7, 11) is 1.39. The zero-order valence-corrected chi connectivity index (χ0v) is 18.7. The van der Waals surface area contributed by atoms with Crippen molar-refractivity contribution in [1.29, 1.82) is 0 Å². The van der Waals surface area contributed by atoms with Crippen molar-refractivity contribution in [2.75, 3.05) is 20.3 Å². The molecule has 0 spiro atoms. The van der Waals surface area contributed by atoms with Crippen molar-refractivity contribution in [3.63, 3.8) is 0 Å². The highest BCUT2D eigenvalue weighted by Crippen LogP contribution is 2.37. The molecular weight excluding hydrogens is 456 g/mol. The molecule has 0 aliphatic carbocycles. The van der Waals surface area contributed by atoms with Gasteiger partial charge in [0.05, 0.1) is 23.7 Å². The molecule has 1 aliphatic rings. The lowest BCUT2D eigenvalue weighted by Crippen LogP contribution is -2.15. The average molecular weight is 475 g/mol. The molecule has 33 heavy (non-hydrogen) atoms. The second-order valence-corrected chi connectivity index (χ2v) is 7.08. The van der Waals surface area contributed by atoms with E-state index in [1.807, 2.05) is 0 Å². The second kappa shape index (κ2) is 10.1. The standard InChI is InChI=1S/C22H19ClN2O8/c1-4-31-19(26)11-32-20-15(23)8-13(10-18(20)30-3)9-16-22(27)33-21(24-16)14-6-5-7-17(12(14)2)25(28)29/h5-10H,4,11H2,1-3H3/b16-9-. The number of benzene rings is 2. The molecule has 0 radical (unpaired) electrons. The van der Waals surface area contributed by atoms with E-state index in [0.29, 0.717) is 16.7 Å². The summed E-state index contributed by atoms with van der Waals surface area (Å²) in [5.74, 6) is -0.967. The third-order valence-corrected chi connectivity index (χ3v) is 4.83. The number of nitro benzene ring substituents is 1. The fourth-order valence-electron chi connectivity index (χ4n) is 3.03. The van der Waals surface area contributed by atoms with Gasteiger partial charge in [-0.3, -0.25) is 10.1 Å². The molecule has 0 saturated carbocycles. The van der Waals surface area contributed by atoms with E-state index >= 15 is 0 Å². The van der Waals surface area contributed by atoms with E-state index in [2.05, 4.69) is 4.99 Å². The maximum absolute atomic E-state index is 12.4. The zero-order chi connectivity index (χ0) is 24.1. The summed E-state index contributed by atoms with van der Waals surface area (Å²) in [5.41, 5.74) is 0.961. The third-order valence-electron chi connectivity index (χ3n) is 4.55. The van der Waals surface area contributed by atoms with Crippen LogP contribution >= 0.6 is 11.6 Å². The van der Waals surface area contributed by atoms with Crippen LogP contribution in [0.1, 0.15) is 23.6 Å². The number of halogens is 1. The highest BCUT2D eigenvalue weighted by Gasteiger charge is 2.27. The van der Waals surface area contributed by atoms with E-state index < -0.39 is 16.9 Å². The molecule has 0 atom stereocenters. The first-order chi connectivity index (χ1) is 15.7. The number of nitro groups is 1. The zero-order valence-electron chi connectivity index (χ0n) is 17.9. The van der Waals surface area contributed by atoms with E-state index in [4.69, 9.17) is 30.5 Å². The lowest BCUT2D eigenvalue weighted by Gasteiger charge is -2.12. The Kier molecular flexibility index (Phi) is 7.29. The number of ether oxygens (including phenoxy) is 4. The van der Waals surface area contributed by atoms with Crippen LogP contribution in [0.25, 0.3) is 6.08 Å². The molecule has 0 unspecified atom stereocenters. The Morgan fingerprint density at radius 1 is 1.33 bits per heavy atom. The van der Waals surface area contributed by atoms with Crippen LogP contribution in [-0.4, -0.2) is 43.1 Å². The highest BCUT2D eigenvalue weighted by atomic mass is 35.5. The van der Waals surface area contributed by atoms with Gasteiger partial charge in [-0.05, 0) is 43.7 Å². The van der Waals surface area contributed by atoms with Gasteiger partial charge in [0.2, 0.25) is 5.90 Å². The Bertz CT molecular complexity index is 1190. The largest absolute Gasteiger partial charge is 0.493 e. The van der Waals surface area contributed by atoms with Gasteiger partial charge in [-0.1, -0.05) is 17.7 Å². The Morgan fingerprint density at radius 2 is 2.09 bits per heavy atom. The van der Waals surface area contributed by atoms with Crippen LogP contribution in [0.2, 0.25) is 5.02 Å². The third kappa shape index (κ3) is 5.29. The molecule has 172 valence electrons. The number of hydrogen-bond acceptors (Lipinski definition) is 9. The van der Waals surface area contributed by atoms with E-state index in [0.717, 1.165) is 0 Å². The predicted molar refractivity (Wildman–Crippen MR) is 119 cm³/mol. The normalized spacial score (nSPS) is 14.0. The topological polar surface area (TPSA) is 127 Å². The number of cyclic esters (lactones) is 1. The summed E-state index contributed by atoms with van der Waals surface area (Å²) >= 11 is 6.29. The molecule has 10 nitrogen and oxygen atoms in total. The lowest BCUT2D eigenvalue weighted by molar-refractivity contribution is -0.385. The first kappa shape index (κ1) is 23.7. The minimum Gasteiger partial charge on any atom is -0.493 e. The van der Waals surface area contributed by atoms with E-state index in [1.165, 1.54) is 31.4 Å². The smallest absolute Gasteiger partial charge is 0.363 e. The van der Waals surface area contributed by atoms with Crippen molar-refractivity contribution >= 4 is 41.2 Å². The number of nitrogens with zero attached hydrogens (tertiary/aromatic N) is 2. The van der Waals surface area contributed by atoms with Crippen molar-refractivity contribution in [3.05, 3.63) is 67.9 Å². The van der Waals surface area contributed by atoms with Gasteiger partial charge in [0.1, 0.15) is 0 Å². The molecule has 0 N–H and O–H groups in total. The molecule has 0 saturated heterocycles. The fraction of sp³-hybridized carbons (Fsp3) is 0.227. The van der Waals surface area contributed by atoms with Gasteiger partial charge in [-0.2, -0.15) is 0 Å². The SMILES string of the molecule is CCOC(=O)COc1c(Cl)cc(/C=C2\N=C(c3cccc([N+](=O)[O-])c3C)OC2=O)cc1OC. The van der Waals surface area contributed by atoms with E-state index in [1.54, 1.807) is 26.0 Å². The lowest BCUT2D eigenvalue weighted by atomic mass is 10.1. The van der Waals surface area contributed by atoms with Gasteiger partial charge in [0.25, 0.3) is 5.69 Å². The maximum Gasteiger partial charge on any atom is 0.363 e. The summed E-state index contributed by atoms with van der Waals surface area (Å²) in [6.07, 6.45) is 1.42. The number of esters is 2. The Labute approximate surface area is 193 Å². The van der Waals surface area contributed by atoms with Crippen LogP contribution in [0.4, 0.5) is 5.69 Å². The molecule has 0 fully saturated rings. The van der Waals surface area contributed by atoms with Gasteiger partial charge in [0, 0.05) is 17.2 Å². The number of rotatable bonds is 8. The van der Waals surface area contributed by atoms with Crippen LogP contribution in [0, 0.1) is 17.0 Å². The first-order valence-electron chi connectivity index (χ1n) is 9.68. The number of carbonyl (C=O) groups excluding carboxylic acids is 2. The number of hydrogen-bond donors (Lipinski definition) is 0. The molecule has 0 bridgehead atoms. The number of methoxy groups -OCH3 is 1. The second-order valence-electron chi connectivity index (χ2n) is 6.67. The maximum atomic E-state index is 12.4. The van der Waals surface area contributed by atoms with Crippen molar-refractivity contribution in [2.24, 2.45) is 4.99 Å². The summed E-state index contributed by atoms with van der Waals surface area (Å²) in [5, 5.41) is 11.3. The summed E-state index contributed by atoms with van der Waals surface area (Å²) in [6.45, 7) is 3.09. The van der Waals surface area contributed by atoms with Crippen LogP contribution in [0.3, 0.4) is 0 Å². The molecule has 3 rings (SSSR count). The Morgan fingerprint density at radius 3 is 2.76 bits per heavy atom. The Hall–Kier alpha value is -3.92. The van der Waals surface area contributed by atoms with Crippen LogP contribution in [-0.2, 0) is 19.1 Å². The van der Waals surface area contributed by atoms with E-state index in [-0.39, 0.29) is 47.0 Å². The minimum atomic E-state index is -0.728. The highest BCUT2D eigenvalue weighted by molar-refractivity contribution is 6.32. The van der Waals surface area contributed by atoms with Gasteiger partial charge in [-0.15, -0.1) is 0 Å². The minimum absolute atomic E-state index is 0.0331. The van der Waals surface area contributed by atoms with Crippen molar-refractivity contribution in [2.45, 2.75) is 13.8 Å². The summed E-state index contributed by atoms with van der Waals surface area (Å²) < 4.78 is 20.7. The van der Waals surface area contributed by atoms with Crippen molar-refractivity contribution in [1.82, 2.24) is 0 Å². The fourth-order valence-corrected chi connectivity index (χ4v) is 3.31. The Balaban J connectivity index is 1.91. The van der Waals surface area contributed by atoms with Gasteiger partial charge in [-0.25, -0.2) is 14.6 Å². The van der Waals surface area contributed by atoms with Crippen molar-refractivity contribution in [3.8, 4) is 11.5 Å². The molecule has 2 aromatic rings. The van der Waals surface area contributed by atoms with Crippen LogP contribution in [0.5, 0.6) is 11.5 Å². The van der Waals surface area contributed by atoms with E-state index in [9.17, 15) is 19.7 Å². The van der Waals surface area contributed by atoms with Gasteiger partial charge in [0.15, 0.2) is 23.8 Å². The molecule has 0 amide bonds. The van der Waals surface area contributed by atoms with Gasteiger partial charge < -0.3 is 18.9 Å².